The molecule has 4 heterocycles. The Kier molecular flexibility index (Phi) is 14.8. The molecular formula is C42H50ClF2N9O8. The Morgan fingerprint density at radius 1 is 0.903 bits per heavy atom. The normalized spacial score (nSPS) is 19.0. The van der Waals surface area contributed by atoms with Gasteiger partial charge < -0.3 is 51.6 Å². The number of hydrogen-bond acceptors (Lipinski definition) is 13. The predicted molar refractivity (Wildman–Crippen MR) is 216 cm³/mol. The number of benzene rings is 3. The van der Waals surface area contributed by atoms with E-state index in [2.05, 4.69) is 30.7 Å². The van der Waals surface area contributed by atoms with Gasteiger partial charge in [0.05, 0.1) is 31.5 Å². The highest BCUT2D eigenvalue weighted by Crippen LogP contribution is 2.42. The van der Waals surface area contributed by atoms with Crippen LogP contribution in [0, 0.1) is 17.6 Å². The van der Waals surface area contributed by atoms with Crippen LogP contribution in [0.2, 0.25) is 0 Å². The number of halogens is 3. The van der Waals surface area contributed by atoms with Gasteiger partial charge in [-0.3, -0.25) is 0 Å². The molecule has 2 fully saturated rings. The summed E-state index contributed by atoms with van der Waals surface area (Å²) in [5, 5.41) is 8.51. The van der Waals surface area contributed by atoms with Gasteiger partial charge in [0.2, 0.25) is 6.29 Å². The van der Waals surface area contributed by atoms with Gasteiger partial charge in [0.1, 0.15) is 48.1 Å². The Labute approximate surface area is 362 Å². The number of aromatic nitrogens is 6. The fraction of sp³-hybridized carbons (Fsp3) is 0.429. The molecule has 0 spiro atoms. The molecule has 0 aliphatic carbocycles. The number of anilines is 2. The van der Waals surface area contributed by atoms with E-state index in [0.717, 1.165) is 43.6 Å². The van der Waals surface area contributed by atoms with Crippen LogP contribution in [-0.4, -0.2) is 99.6 Å². The second-order valence-electron chi connectivity index (χ2n) is 15.1. The van der Waals surface area contributed by atoms with E-state index in [0.29, 0.717) is 37.5 Å². The fourth-order valence-electron chi connectivity index (χ4n) is 7.89. The maximum atomic E-state index is 15.0. The number of piperazine rings is 1. The smallest absolute Gasteiger partial charge is 0.511 e. The summed E-state index contributed by atoms with van der Waals surface area (Å²) in [5.74, 6) is -1.26. The van der Waals surface area contributed by atoms with Crippen molar-refractivity contribution in [2.45, 2.75) is 64.2 Å². The van der Waals surface area contributed by atoms with Gasteiger partial charge in [0.25, 0.3) is 0 Å². The van der Waals surface area contributed by atoms with Crippen molar-refractivity contribution in [2.24, 2.45) is 5.92 Å². The van der Waals surface area contributed by atoms with Crippen LogP contribution < -0.4 is 38.4 Å². The first-order valence-corrected chi connectivity index (χ1v) is 20.2. The lowest BCUT2D eigenvalue weighted by molar-refractivity contribution is -0.361. The SMILES string of the molecule is CC[C@@H]([C@H](C)OC(=O)OC(C)OC(=O)C[NH3+])n1ncn(-c2ccc(N3CCN(c4ccc(OC[C@@H]5CO[C@@](Cn6cncn6)(c6ccc(F)cc6F)C5)cc4)CC3)cc2)c1=O.[Cl-]. The van der Waals surface area contributed by atoms with Crippen LogP contribution in [-0.2, 0) is 35.9 Å². The summed E-state index contributed by atoms with van der Waals surface area (Å²) in [6.45, 7) is 8.88. The molecular weight excluding hydrogens is 832 g/mol. The van der Waals surface area contributed by atoms with Crippen LogP contribution in [0.15, 0.2) is 90.5 Å². The summed E-state index contributed by atoms with van der Waals surface area (Å²) >= 11 is 0. The Balaban J connectivity index is 0.00000641. The van der Waals surface area contributed by atoms with Crippen molar-refractivity contribution < 1.29 is 60.2 Å². The van der Waals surface area contributed by atoms with Gasteiger partial charge in [-0.1, -0.05) is 13.0 Å². The predicted octanol–water partition coefficient (Wildman–Crippen LogP) is 0.869. The third-order valence-electron chi connectivity index (χ3n) is 11.0. The maximum absolute atomic E-state index is 15.0. The third-order valence-corrected chi connectivity index (χ3v) is 11.0. The first-order valence-electron chi connectivity index (χ1n) is 20.2. The van der Waals surface area contributed by atoms with Gasteiger partial charge >= 0.3 is 17.8 Å². The van der Waals surface area contributed by atoms with Crippen molar-refractivity contribution in [1.82, 2.24) is 29.1 Å². The molecule has 1 unspecified atom stereocenters. The van der Waals surface area contributed by atoms with E-state index in [1.54, 1.807) is 17.9 Å². The zero-order valence-corrected chi connectivity index (χ0v) is 35.4. The molecule has 7 rings (SSSR count). The topological polar surface area (TPSA) is 185 Å². The molecule has 2 saturated heterocycles. The lowest BCUT2D eigenvalue weighted by atomic mass is 9.87. The molecule has 2 aliphatic rings. The van der Waals surface area contributed by atoms with Gasteiger partial charge in [-0.15, -0.1) is 0 Å². The number of rotatable bonds is 16. The van der Waals surface area contributed by atoms with E-state index in [4.69, 9.17) is 23.7 Å². The van der Waals surface area contributed by atoms with E-state index in [1.807, 2.05) is 55.5 Å². The van der Waals surface area contributed by atoms with Gasteiger partial charge in [0, 0.05) is 62.0 Å². The van der Waals surface area contributed by atoms with E-state index < -0.39 is 53.5 Å². The van der Waals surface area contributed by atoms with Gasteiger partial charge in [-0.2, -0.15) is 10.2 Å². The zero-order valence-electron chi connectivity index (χ0n) is 34.6. The summed E-state index contributed by atoms with van der Waals surface area (Å²) in [6, 6.07) is 18.6. The fourth-order valence-corrected chi connectivity index (χ4v) is 7.89. The minimum absolute atomic E-state index is 0. The van der Waals surface area contributed by atoms with E-state index >= 15 is 4.39 Å². The number of carbonyl (C=O) groups is 2. The quantitative estimate of drug-likeness (QED) is 0.109. The van der Waals surface area contributed by atoms with Crippen LogP contribution in [0.3, 0.4) is 0 Å². The molecule has 5 aromatic rings. The average molecular weight is 882 g/mol. The second-order valence-corrected chi connectivity index (χ2v) is 15.1. The number of ether oxygens (including phenoxy) is 5. The van der Waals surface area contributed by atoms with E-state index in [9.17, 15) is 18.8 Å². The third kappa shape index (κ3) is 10.5. The second kappa shape index (κ2) is 20.2. The Bertz CT molecular complexity index is 2310. The summed E-state index contributed by atoms with van der Waals surface area (Å²) in [5.41, 5.74) is 5.01. The molecule has 62 heavy (non-hydrogen) atoms. The Morgan fingerprint density at radius 3 is 2.18 bits per heavy atom. The number of carbonyl (C=O) groups excluding carboxylic acids is 2. The first kappa shape index (κ1) is 45.5. The Morgan fingerprint density at radius 2 is 1.56 bits per heavy atom. The van der Waals surface area contributed by atoms with Crippen LogP contribution in [0.4, 0.5) is 25.0 Å². The number of hydrogen-bond donors (Lipinski definition) is 1. The molecule has 5 atom stereocenters. The molecule has 2 aromatic heterocycles. The standard InChI is InChI=1S/C42H49F2N9O8.ClH/c1-4-38(28(2)59-41(56)61-29(3)60-39(54)21-45)53-40(55)52(27-48-53)34-8-6-32(7-9-34)49-15-17-50(18-16-49)33-10-12-35(13-11-33)57-22-30-20-42(58-23-30,24-51-26-46-25-47-51)36-14-5-31(43)19-37(36)44;/h5-14,19,25-30,38H,4,15-18,20-24,45H2,1-3H3;1H/t28-,29?,30+,38-,42-;/m0./s1. The number of nitrogens with zero attached hydrogens (tertiary/aromatic N) is 8. The minimum Gasteiger partial charge on any atom is -1.00 e. The van der Waals surface area contributed by atoms with Crippen LogP contribution in [0.5, 0.6) is 5.75 Å². The minimum atomic E-state index is -1.15. The van der Waals surface area contributed by atoms with E-state index in [1.165, 1.54) is 41.0 Å². The summed E-state index contributed by atoms with van der Waals surface area (Å²) in [4.78, 5) is 45.8. The molecule has 17 nitrogen and oxygen atoms in total. The Hall–Kier alpha value is -6.05. The molecule has 0 bridgehead atoms. The molecule has 3 aromatic carbocycles. The lowest BCUT2D eigenvalue weighted by Gasteiger charge is -2.37. The molecule has 0 radical (unpaired) electrons. The molecule has 20 heteroatoms. The molecule has 0 amide bonds. The van der Waals surface area contributed by atoms with Crippen molar-refractivity contribution in [3.05, 3.63) is 113 Å². The van der Waals surface area contributed by atoms with Crippen LogP contribution in [0.1, 0.15) is 45.2 Å². The van der Waals surface area contributed by atoms with Crippen molar-refractivity contribution >= 4 is 23.5 Å². The lowest BCUT2D eigenvalue weighted by Crippen LogP contribution is -3.00. The maximum Gasteiger partial charge on any atom is 0.511 e. The van der Waals surface area contributed by atoms with Gasteiger partial charge in [-0.25, -0.2) is 42.1 Å². The molecule has 2 aliphatic heterocycles. The first-order chi connectivity index (χ1) is 29.4. The summed E-state index contributed by atoms with van der Waals surface area (Å²) in [6.07, 6.45) is 2.33. The summed E-state index contributed by atoms with van der Waals surface area (Å²) in [7, 11) is 0. The average Bonchev–Trinajstić information content (AvgIpc) is 4.02. The van der Waals surface area contributed by atoms with Gasteiger partial charge in [0.15, 0.2) is 6.54 Å². The highest BCUT2D eigenvalue weighted by molar-refractivity contribution is 5.70. The van der Waals surface area contributed by atoms with Crippen molar-refractivity contribution in [1.29, 1.82) is 0 Å². The van der Waals surface area contributed by atoms with Crippen LogP contribution >= 0.6 is 0 Å². The van der Waals surface area contributed by atoms with Gasteiger partial charge in [-0.05, 0) is 74.4 Å². The van der Waals surface area contributed by atoms with Crippen molar-refractivity contribution in [3.8, 4) is 11.4 Å². The molecule has 0 saturated carbocycles. The summed E-state index contributed by atoms with van der Waals surface area (Å²) < 4.78 is 60.8. The largest absolute Gasteiger partial charge is 1.00 e. The van der Waals surface area contributed by atoms with E-state index in [-0.39, 0.29) is 37.0 Å². The monoisotopic (exact) mass is 881 g/mol. The molecule has 332 valence electrons. The zero-order chi connectivity index (χ0) is 43.1. The highest BCUT2D eigenvalue weighted by Gasteiger charge is 2.44. The number of quaternary nitrogens is 1. The highest BCUT2D eigenvalue weighted by atomic mass is 35.5. The molecule has 3 N–H and O–H groups in total. The van der Waals surface area contributed by atoms with Crippen molar-refractivity contribution in [3.63, 3.8) is 0 Å². The van der Waals surface area contributed by atoms with Crippen LogP contribution in [0.25, 0.3) is 5.69 Å². The number of esters is 1. The van der Waals surface area contributed by atoms with Crippen molar-refractivity contribution in [2.75, 3.05) is 55.7 Å².